The number of aliphatic hydroxyl groups is 1. The van der Waals surface area contributed by atoms with E-state index >= 15 is 0 Å². The van der Waals surface area contributed by atoms with Crippen LogP contribution in [0.5, 0.6) is 5.75 Å². The largest absolute Gasteiger partial charge is 0.534 e. The molecule has 4 aliphatic carbocycles. The number of carbonyl (C=O) groups excluding carboxylic acids is 1. The van der Waals surface area contributed by atoms with Crippen molar-refractivity contribution < 1.29 is 35.7 Å². The summed E-state index contributed by atoms with van der Waals surface area (Å²) in [6.45, 7) is 8.49. The molecule has 48 heavy (non-hydrogen) atoms. The molecule has 6 atom stereocenters. The number of halogens is 3. The fraction of sp³-hybridized carbons (Fsp3) is 0.556. The van der Waals surface area contributed by atoms with Crippen LogP contribution in [0.15, 0.2) is 35.5 Å². The Morgan fingerprint density at radius 3 is 2.46 bits per heavy atom. The van der Waals surface area contributed by atoms with Gasteiger partial charge in [0.05, 0.1) is 5.70 Å². The number of hydrogen-bond donors (Lipinski definition) is 2. The molecular formula is C36H42F3N3O5S. The Hall–Kier alpha value is -3.38. The summed E-state index contributed by atoms with van der Waals surface area (Å²) in [5.41, 5.74) is 2.32. The Morgan fingerprint density at radius 2 is 1.79 bits per heavy atom. The molecule has 12 heteroatoms. The molecule has 5 aliphatic rings. The van der Waals surface area contributed by atoms with Crippen molar-refractivity contribution in [1.29, 1.82) is 0 Å². The second-order valence-corrected chi connectivity index (χ2v) is 16.0. The molecule has 2 aromatic carbocycles. The molecular weight excluding hydrogens is 643 g/mol. The summed E-state index contributed by atoms with van der Waals surface area (Å²) in [5, 5.41) is 14.0. The van der Waals surface area contributed by atoms with Crippen LogP contribution in [0, 0.1) is 11.8 Å². The number of carbonyl (C=O) groups is 1. The smallest absolute Gasteiger partial charge is 0.383 e. The summed E-state index contributed by atoms with van der Waals surface area (Å²) in [6.07, 6.45) is 7.92. The van der Waals surface area contributed by atoms with E-state index < -0.39 is 21.7 Å². The molecule has 7 rings (SSSR count). The molecule has 2 N–H and O–H groups in total. The van der Waals surface area contributed by atoms with Gasteiger partial charge in [-0.25, -0.2) is 0 Å². The number of alkyl halides is 3. The van der Waals surface area contributed by atoms with Gasteiger partial charge in [-0.05, 0) is 122 Å². The van der Waals surface area contributed by atoms with Crippen LogP contribution in [0.3, 0.4) is 0 Å². The maximum absolute atomic E-state index is 13.3. The molecule has 1 heterocycles. The van der Waals surface area contributed by atoms with Crippen molar-refractivity contribution in [2.24, 2.45) is 16.8 Å². The zero-order chi connectivity index (χ0) is 34.1. The predicted molar refractivity (Wildman–Crippen MR) is 177 cm³/mol. The Morgan fingerprint density at radius 1 is 1.08 bits per heavy atom. The first kappa shape index (κ1) is 33.1. The number of nitrogens with one attached hydrogen (secondary N) is 1. The number of aliphatic hydroxyl groups excluding tert-OH is 1. The summed E-state index contributed by atoms with van der Waals surface area (Å²) in [6, 6.07) is 7.25. The summed E-state index contributed by atoms with van der Waals surface area (Å²) >= 11 is 0. The Bertz CT molecular complexity index is 1790. The van der Waals surface area contributed by atoms with Gasteiger partial charge in [0.15, 0.2) is 0 Å². The summed E-state index contributed by atoms with van der Waals surface area (Å²) in [4.78, 5) is 18.9. The van der Waals surface area contributed by atoms with Gasteiger partial charge in [0.2, 0.25) is 0 Å². The fourth-order valence-corrected chi connectivity index (χ4v) is 9.51. The molecule has 6 unspecified atom stereocenters. The van der Waals surface area contributed by atoms with Crippen LogP contribution in [0.4, 0.5) is 13.2 Å². The van der Waals surface area contributed by atoms with Crippen molar-refractivity contribution in [1.82, 2.24) is 10.2 Å². The highest BCUT2D eigenvalue weighted by atomic mass is 32.2. The van der Waals surface area contributed by atoms with Crippen LogP contribution >= 0.6 is 0 Å². The van der Waals surface area contributed by atoms with E-state index in [-0.39, 0.29) is 35.5 Å². The first-order chi connectivity index (χ1) is 22.8. The standard InChI is InChI=1S/C36H42F3N3O5S/c1-19(2)34(43)35(44)42-14-4-5-23(42)17-41-29(18-40-3)25-10-11-27(33-24-9-8-20(24)16-28(25)33)26-12-13-30(47-48(45,46)36(37,38)39)32-22-7-6-21(15-22)31(26)32/h10-13,18-24,34,41,43H,3-9,14-17H2,1-2H3/b29-18-. The van der Waals surface area contributed by atoms with Crippen LogP contribution < -0.4 is 9.50 Å². The van der Waals surface area contributed by atoms with Gasteiger partial charge in [0.1, 0.15) is 11.9 Å². The normalized spacial score (nSPS) is 26.6. The Balaban J connectivity index is 1.24. The predicted octanol–water partition coefficient (Wildman–Crippen LogP) is 6.59. The zero-order valence-electron chi connectivity index (χ0n) is 27.2. The number of benzene rings is 2. The maximum Gasteiger partial charge on any atom is 0.534 e. The number of hydrogen-bond acceptors (Lipinski definition) is 7. The van der Waals surface area contributed by atoms with E-state index in [1.54, 1.807) is 17.2 Å². The lowest BCUT2D eigenvalue weighted by Gasteiger charge is -2.32. The quantitative estimate of drug-likeness (QED) is 0.166. The number of amides is 1. The van der Waals surface area contributed by atoms with Crippen molar-refractivity contribution in [3.8, 4) is 16.9 Å². The van der Waals surface area contributed by atoms with Crippen molar-refractivity contribution in [3.05, 3.63) is 58.3 Å². The first-order valence-corrected chi connectivity index (χ1v) is 18.4. The van der Waals surface area contributed by atoms with Gasteiger partial charge in [-0.1, -0.05) is 32.0 Å². The van der Waals surface area contributed by atoms with Crippen molar-refractivity contribution >= 4 is 28.4 Å². The lowest BCUT2D eigenvalue weighted by atomic mass is 9.72. The molecule has 2 bridgehead atoms. The highest BCUT2D eigenvalue weighted by molar-refractivity contribution is 7.88. The van der Waals surface area contributed by atoms with Crippen molar-refractivity contribution in [2.45, 2.75) is 101 Å². The van der Waals surface area contributed by atoms with Crippen molar-refractivity contribution in [2.75, 3.05) is 13.1 Å². The summed E-state index contributed by atoms with van der Waals surface area (Å²) in [7, 11) is -5.79. The number of fused-ring (bicyclic) bond motifs is 8. The fourth-order valence-electron chi connectivity index (χ4n) is 9.03. The molecule has 1 amide bonds. The van der Waals surface area contributed by atoms with Crippen LogP contribution in [0.2, 0.25) is 0 Å². The van der Waals surface area contributed by atoms with E-state index in [2.05, 4.69) is 29.2 Å². The van der Waals surface area contributed by atoms with E-state index in [1.807, 2.05) is 13.8 Å². The zero-order valence-corrected chi connectivity index (χ0v) is 28.0. The minimum absolute atomic E-state index is 0.0340. The van der Waals surface area contributed by atoms with E-state index in [9.17, 15) is 31.5 Å². The van der Waals surface area contributed by atoms with Gasteiger partial charge in [0, 0.05) is 36.5 Å². The molecule has 2 saturated carbocycles. The molecule has 0 spiro atoms. The second kappa shape index (κ2) is 12.2. The third kappa shape index (κ3) is 5.43. The van der Waals surface area contributed by atoms with Crippen LogP contribution in [0.1, 0.15) is 104 Å². The highest BCUT2D eigenvalue weighted by Crippen LogP contribution is 2.61. The molecule has 0 aromatic heterocycles. The van der Waals surface area contributed by atoms with E-state index in [0.29, 0.717) is 30.5 Å². The van der Waals surface area contributed by atoms with E-state index in [1.165, 1.54) is 17.2 Å². The number of rotatable bonds is 10. The van der Waals surface area contributed by atoms with E-state index in [0.717, 1.165) is 79.3 Å². The lowest BCUT2D eigenvalue weighted by Crippen LogP contribution is -2.47. The van der Waals surface area contributed by atoms with Crippen LogP contribution in [0.25, 0.3) is 16.8 Å². The maximum atomic E-state index is 13.3. The number of nitrogens with zero attached hydrogens (tertiary/aromatic N) is 2. The van der Waals surface area contributed by atoms with Gasteiger partial charge in [-0.15, -0.1) is 0 Å². The van der Waals surface area contributed by atoms with Crippen LogP contribution in [-0.4, -0.2) is 61.8 Å². The third-order valence-corrected chi connectivity index (χ3v) is 12.4. The molecule has 2 aromatic rings. The molecule has 3 fully saturated rings. The lowest BCUT2D eigenvalue weighted by molar-refractivity contribution is -0.143. The topological polar surface area (TPSA) is 108 Å². The Labute approximate surface area is 279 Å². The first-order valence-electron chi connectivity index (χ1n) is 17.0. The third-order valence-electron chi connectivity index (χ3n) is 11.5. The monoisotopic (exact) mass is 685 g/mol. The van der Waals surface area contributed by atoms with E-state index in [4.69, 9.17) is 4.18 Å². The minimum atomic E-state index is -5.79. The summed E-state index contributed by atoms with van der Waals surface area (Å²) < 4.78 is 68.7. The van der Waals surface area contributed by atoms with Crippen molar-refractivity contribution in [3.63, 3.8) is 0 Å². The second-order valence-electron chi connectivity index (χ2n) is 14.5. The molecule has 0 radical (unpaired) electrons. The van der Waals surface area contributed by atoms with Gasteiger partial charge >= 0.3 is 15.6 Å². The van der Waals surface area contributed by atoms with Gasteiger partial charge in [0.25, 0.3) is 5.91 Å². The number of likely N-dealkylation sites (tertiary alicyclic amines) is 1. The molecule has 1 saturated heterocycles. The van der Waals surface area contributed by atoms with Gasteiger partial charge in [-0.2, -0.15) is 21.6 Å². The minimum Gasteiger partial charge on any atom is -0.383 e. The molecule has 1 aliphatic heterocycles. The van der Waals surface area contributed by atoms with Crippen LogP contribution in [-0.2, 0) is 21.3 Å². The molecule has 8 nitrogen and oxygen atoms in total. The SMILES string of the molecule is C=N/C=C(\NCC1CCCN1C(=O)C(O)C(C)C)c1ccc(-c2ccc(OS(=O)(=O)C(F)(F)F)c3c2C2CCC3C2)c2c1CC1CCC21. The molecule has 258 valence electrons. The van der Waals surface area contributed by atoms with Gasteiger partial charge in [-0.3, -0.25) is 9.79 Å². The average molecular weight is 686 g/mol. The summed E-state index contributed by atoms with van der Waals surface area (Å²) in [5.74, 6) is 0.354. The number of aliphatic imine (C=N–C) groups is 1. The van der Waals surface area contributed by atoms with Gasteiger partial charge < -0.3 is 19.5 Å². The highest BCUT2D eigenvalue weighted by Gasteiger charge is 2.50. The average Bonchev–Trinajstić information content (AvgIpc) is 3.81. The Kier molecular flexibility index (Phi) is 8.41.